The number of thiophene rings is 1. The maximum Gasteiger partial charge on any atom is 0.249 e. The zero-order valence-corrected chi connectivity index (χ0v) is 24.2. The molecule has 10 nitrogen and oxygen atoms in total. The highest BCUT2D eigenvalue weighted by atomic mass is 32.1. The minimum atomic E-state index is -0.523. The number of nitrogens with one attached hydrogen (secondary N) is 1. The summed E-state index contributed by atoms with van der Waals surface area (Å²) in [5, 5.41) is 9.45. The molecule has 5 heterocycles. The number of likely N-dealkylation sites (N-methyl/N-ethyl adjacent to an activating group) is 2. The van der Waals surface area contributed by atoms with Crippen molar-refractivity contribution in [2.75, 3.05) is 31.1 Å². The first kappa shape index (κ1) is 27.7. The summed E-state index contributed by atoms with van der Waals surface area (Å²) < 4.78 is 1.70. The second-order valence-corrected chi connectivity index (χ2v) is 11.0. The van der Waals surface area contributed by atoms with E-state index in [-0.39, 0.29) is 18.0 Å². The molecule has 2 amide bonds. The zero-order valence-electron chi connectivity index (χ0n) is 23.4. The molecule has 0 aromatic carbocycles. The van der Waals surface area contributed by atoms with Crippen LogP contribution in [0.15, 0.2) is 42.0 Å². The van der Waals surface area contributed by atoms with Crippen molar-refractivity contribution in [2.45, 2.75) is 52.6 Å². The summed E-state index contributed by atoms with van der Waals surface area (Å²) in [6.07, 6.45) is 4.89. The quantitative estimate of drug-likeness (QED) is 0.287. The highest BCUT2D eigenvalue weighted by Gasteiger charge is 2.37. The molecule has 0 aliphatic carbocycles. The van der Waals surface area contributed by atoms with Crippen LogP contribution < -0.4 is 16.0 Å². The highest BCUT2D eigenvalue weighted by molar-refractivity contribution is 7.13. The largest absolute Gasteiger partial charge is 0.366 e. The van der Waals surface area contributed by atoms with Gasteiger partial charge in [0.2, 0.25) is 11.8 Å². The predicted molar refractivity (Wildman–Crippen MR) is 159 cm³/mol. The van der Waals surface area contributed by atoms with Gasteiger partial charge >= 0.3 is 0 Å². The van der Waals surface area contributed by atoms with Crippen LogP contribution in [-0.4, -0.2) is 74.6 Å². The maximum atomic E-state index is 13.0. The number of pyridine rings is 1. The van der Waals surface area contributed by atoms with Gasteiger partial charge in [-0.25, -0.2) is 14.5 Å². The smallest absolute Gasteiger partial charge is 0.249 e. The van der Waals surface area contributed by atoms with E-state index in [1.165, 1.54) is 0 Å². The fraction of sp³-hybridized carbons (Fsp3) is 0.414. The first-order valence-electron chi connectivity index (χ1n) is 13.9. The van der Waals surface area contributed by atoms with Gasteiger partial charge in [-0.3, -0.25) is 9.59 Å². The van der Waals surface area contributed by atoms with Crippen LogP contribution in [0.2, 0.25) is 0 Å². The van der Waals surface area contributed by atoms with Crippen molar-refractivity contribution in [3.63, 3.8) is 0 Å². The molecule has 11 heteroatoms. The lowest BCUT2D eigenvalue weighted by Crippen LogP contribution is -2.57. The van der Waals surface area contributed by atoms with Crippen molar-refractivity contribution in [1.29, 1.82) is 0 Å². The number of nitrogens with zero attached hydrogens (tertiary/aromatic N) is 6. The number of rotatable bonds is 11. The maximum absolute atomic E-state index is 13.0. The Morgan fingerprint density at radius 3 is 2.62 bits per heavy atom. The molecule has 0 saturated carbocycles. The van der Waals surface area contributed by atoms with Gasteiger partial charge in [0.25, 0.3) is 0 Å². The molecule has 1 fully saturated rings. The van der Waals surface area contributed by atoms with Gasteiger partial charge in [-0.1, -0.05) is 19.9 Å². The Labute approximate surface area is 238 Å². The molecule has 4 aromatic heterocycles. The molecule has 5 rings (SSSR count). The lowest BCUT2D eigenvalue weighted by Gasteiger charge is -2.42. The number of hydrogen-bond donors (Lipinski definition) is 2. The van der Waals surface area contributed by atoms with Crippen molar-refractivity contribution in [2.24, 2.45) is 5.73 Å². The summed E-state index contributed by atoms with van der Waals surface area (Å²) in [7, 11) is 0. The molecular formula is C29H36N8O2S. The minimum absolute atomic E-state index is 0.0393. The van der Waals surface area contributed by atoms with Crippen molar-refractivity contribution in [3.8, 4) is 21.8 Å². The van der Waals surface area contributed by atoms with E-state index in [9.17, 15) is 9.59 Å². The Balaban J connectivity index is 1.66. The van der Waals surface area contributed by atoms with E-state index in [4.69, 9.17) is 15.7 Å². The average Bonchev–Trinajstić information content (AvgIpc) is 3.60. The topological polar surface area (TPSA) is 122 Å². The zero-order chi connectivity index (χ0) is 28.4. The molecule has 2 atom stereocenters. The molecule has 1 aliphatic heterocycles. The summed E-state index contributed by atoms with van der Waals surface area (Å²) in [4.78, 5) is 41.2. The van der Waals surface area contributed by atoms with Gasteiger partial charge in [0.15, 0.2) is 5.65 Å². The second-order valence-electron chi connectivity index (χ2n) is 10.0. The second kappa shape index (κ2) is 11.7. The number of fused-ring (bicyclic) bond motifs is 1. The summed E-state index contributed by atoms with van der Waals surface area (Å²) in [6, 6.07) is 7.50. The molecular weight excluding hydrogens is 524 g/mol. The fourth-order valence-corrected chi connectivity index (χ4v) is 6.14. The molecule has 0 unspecified atom stereocenters. The molecule has 210 valence electrons. The summed E-state index contributed by atoms with van der Waals surface area (Å²) >= 11 is 1.61. The molecule has 40 heavy (non-hydrogen) atoms. The van der Waals surface area contributed by atoms with E-state index in [1.807, 2.05) is 41.6 Å². The lowest BCUT2D eigenvalue weighted by atomic mass is 9.94. The summed E-state index contributed by atoms with van der Waals surface area (Å²) in [6.45, 7) is 11.3. The summed E-state index contributed by atoms with van der Waals surface area (Å²) in [5.74, 6) is 0.0644. The number of amides is 2. The van der Waals surface area contributed by atoms with Gasteiger partial charge in [0.1, 0.15) is 11.9 Å². The third-order valence-corrected chi connectivity index (χ3v) is 8.56. The van der Waals surface area contributed by atoms with E-state index >= 15 is 0 Å². The fourth-order valence-electron chi connectivity index (χ4n) is 5.44. The van der Waals surface area contributed by atoms with Crippen LogP contribution in [0.4, 0.5) is 5.82 Å². The van der Waals surface area contributed by atoms with E-state index in [0.29, 0.717) is 47.8 Å². The molecule has 4 aromatic rings. The number of anilines is 1. The SMILES string of the molecule is CCNC(=O)[C@@H]1CCN1c1nc(-c2cnn3ccc(-c4cccs4)nc23)cc(C(N)=O)c1C[C@H](C)N(CC)CC. The first-order valence-corrected chi connectivity index (χ1v) is 14.7. The van der Waals surface area contributed by atoms with Crippen LogP contribution in [0.1, 0.15) is 50.0 Å². The van der Waals surface area contributed by atoms with Crippen molar-refractivity contribution in [3.05, 3.63) is 53.2 Å². The average molecular weight is 561 g/mol. The molecule has 3 N–H and O–H groups in total. The van der Waals surface area contributed by atoms with Crippen LogP contribution >= 0.6 is 11.3 Å². The monoisotopic (exact) mass is 560 g/mol. The van der Waals surface area contributed by atoms with Crippen molar-refractivity contribution in [1.82, 2.24) is 29.8 Å². The van der Waals surface area contributed by atoms with Crippen LogP contribution in [-0.2, 0) is 11.2 Å². The van der Waals surface area contributed by atoms with Gasteiger partial charge in [0, 0.05) is 36.5 Å². The first-order chi connectivity index (χ1) is 19.4. The van der Waals surface area contributed by atoms with Gasteiger partial charge in [0.05, 0.1) is 28.0 Å². The Morgan fingerprint density at radius 1 is 1.20 bits per heavy atom. The Hall–Kier alpha value is -3.83. The highest BCUT2D eigenvalue weighted by Crippen LogP contribution is 2.36. The van der Waals surface area contributed by atoms with E-state index in [2.05, 4.69) is 36.1 Å². The molecule has 1 saturated heterocycles. The number of primary amides is 1. The standard InChI is InChI=1S/C29H36N8O2S/c1-5-31-29(39)24-11-12-36(24)27-20(15-18(4)35(6-2)7-3)19(26(30)38)16-23(34-27)21-17-32-37-13-10-22(33-28(21)37)25-9-8-14-40-25/h8-10,13-14,16-18,24H,5-7,11-12,15H2,1-4H3,(H2,30,38)(H,31,39)/t18-,24-/m0/s1. The van der Waals surface area contributed by atoms with E-state index < -0.39 is 5.91 Å². The van der Waals surface area contributed by atoms with Gasteiger partial charge < -0.3 is 20.9 Å². The number of carbonyl (C=O) groups is 2. The van der Waals surface area contributed by atoms with Gasteiger partial charge in [-0.05, 0) is 63.4 Å². The number of carbonyl (C=O) groups excluding carboxylic acids is 2. The molecule has 1 aliphatic rings. The number of hydrogen-bond acceptors (Lipinski definition) is 8. The van der Waals surface area contributed by atoms with Crippen LogP contribution in [0.3, 0.4) is 0 Å². The Morgan fingerprint density at radius 2 is 2.00 bits per heavy atom. The van der Waals surface area contributed by atoms with Gasteiger partial charge in [-0.2, -0.15) is 5.10 Å². The third kappa shape index (κ3) is 5.18. The van der Waals surface area contributed by atoms with Crippen LogP contribution in [0, 0.1) is 0 Å². The molecule has 0 radical (unpaired) electrons. The van der Waals surface area contributed by atoms with E-state index in [1.54, 1.807) is 28.1 Å². The Bertz CT molecular complexity index is 1510. The molecule has 0 bridgehead atoms. The molecule has 0 spiro atoms. The van der Waals surface area contributed by atoms with Gasteiger partial charge in [-0.15, -0.1) is 11.3 Å². The normalized spacial score (nSPS) is 15.8. The number of nitrogens with two attached hydrogens (primary N) is 1. The van der Waals surface area contributed by atoms with Crippen molar-refractivity contribution < 1.29 is 9.59 Å². The number of aromatic nitrogens is 4. The van der Waals surface area contributed by atoms with Crippen molar-refractivity contribution >= 4 is 34.6 Å². The summed E-state index contributed by atoms with van der Waals surface area (Å²) in [5.41, 5.74) is 9.91. The third-order valence-electron chi connectivity index (χ3n) is 7.67. The predicted octanol–water partition coefficient (Wildman–Crippen LogP) is 3.61. The lowest BCUT2D eigenvalue weighted by molar-refractivity contribution is -0.123. The minimum Gasteiger partial charge on any atom is -0.366 e. The van der Waals surface area contributed by atoms with Crippen LogP contribution in [0.5, 0.6) is 0 Å². The van der Waals surface area contributed by atoms with Crippen LogP contribution in [0.25, 0.3) is 27.5 Å². The Kier molecular flexibility index (Phi) is 8.13. The van der Waals surface area contributed by atoms with E-state index in [0.717, 1.165) is 35.6 Å².